The number of carbonyl (C=O) groups excluding carboxylic acids is 1. The number of nitrogens with zero attached hydrogens (tertiary/aromatic N) is 3. The molecule has 0 unspecified atom stereocenters. The molecule has 3 rings (SSSR count). The van der Waals surface area contributed by atoms with Gasteiger partial charge in [-0.05, 0) is 31.2 Å². The fourth-order valence-corrected chi connectivity index (χ4v) is 4.07. The molecule has 1 aliphatic rings. The molecule has 0 radical (unpaired) electrons. The van der Waals surface area contributed by atoms with Crippen LogP contribution in [0.4, 0.5) is 14.6 Å². The zero-order chi connectivity index (χ0) is 20.5. The van der Waals surface area contributed by atoms with Gasteiger partial charge in [-0.25, -0.2) is 18.7 Å². The first-order chi connectivity index (χ1) is 13.2. The summed E-state index contributed by atoms with van der Waals surface area (Å²) in [5.41, 5.74) is 1.89. The van der Waals surface area contributed by atoms with Gasteiger partial charge in [0.25, 0.3) is 12.3 Å². The van der Waals surface area contributed by atoms with E-state index in [0.717, 1.165) is 12.8 Å². The van der Waals surface area contributed by atoms with Crippen molar-refractivity contribution in [3.63, 3.8) is 0 Å². The lowest BCUT2D eigenvalue weighted by molar-refractivity contribution is 0.0743. The third-order valence-electron chi connectivity index (χ3n) is 4.80. The first-order valence-corrected chi connectivity index (χ1v) is 10.3. The summed E-state index contributed by atoms with van der Waals surface area (Å²) in [7, 11) is 0. The summed E-state index contributed by atoms with van der Waals surface area (Å²) in [5.74, 6) is 0.205. The molecule has 1 atom stereocenters. The Hall–Kier alpha value is -2.09. The van der Waals surface area contributed by atoms with Crippen LogP contribution >= 0.6 is 11.3 Å². The fraction of sp³-hybridized carbons (Fsp3) is 0.550. The molecular weight excluding hydrogens is 382 g/mol. The van der Waals surface area contributed by atoms with Crippen LogP contribution in [0.15, 0.2) is 17.8 Å². The lowest BCUT2D eigenvalue weighted by Crippen LogP contribution is -2.34. The van der Waals surface area contributed by atoms with Crippen molar-refractivity contribution in [2.45, 2.75) is 53.0 Å². The molecule has 0 bridgehead atoms. The average Bonchev–Trinajstić information content (AvgIpc) is 3.27. The van der Waals surface area contributed by atoms with Gasteiger partial charge in [0.05, 0.1) is 10.4 Å². The van der Waals surface area contributed by atoms with Crippen LogP contribution in [0.1, 0.15) is 63.0 Å². The number of hydrogen-bond donors (Lipinski definition) is 1. The van der Waals surface area contributed by atoms with Crippen molar-refractivity contribution in [3.8, 4) is 10.4 Å². The molecule has 28 heavy (non-hydrogen) atoms. The standard InChI is InChI=1S/C20H26F2N4OS/c1-12-6-5-7-26(12)19(27)16-17(28-11-25-16)14-9-23-15(8-13(14)18(21)22)24-10-20(2,3)4/h8-9,11-12,18H,5-7,10H2,1-4H3,(H,23,24)/t12-/m0/s1. The molecule has 0 saturated carbocycles. The highest BCUT2D eigenvalue weighted by molar-refractivity contribution is 7.13. The minimum atomic E-state index is -2.68. The predicted octanol–water partition coefficient (Wildman–Crippen LogP) is 5.23. The number of nitrogens with one attached hydrogen (secondary N) is 1. The maximum absolute atomic E-state index is 13.8. The summed E-state index contributed by atoms with van der Waals surface area (Å²) in [5, 5.41) is 3.11. The third kappa shape index (κ3) is 4.48. The number of anilines is 1. The van der Waals surface area contributed by atoms with Gasteiger partial charge in [0.1, 0.15) is 11.5 Å². The van der Waals surface area contributed by atoms with E-state index in [9.17, 15) is 13.6 Å². The van der Waals surface area contributed by atoms with E-state index in [4.69, 9.17) is 0 Å². The summed E-state index contributed by atoms with van der Waals surface area (Å²) in [4.78, 5) is 23.7. The van der Waals surface area contributed by atoms with E-state index in [-0.39, 0.29) is 34.2 Å². The Morgan fingerprint density at radius 1 is 1.39 bits per heavy atom. The number of amides is 1. The Labute approximate surface area is 168 Å². The van der Waals surface area contributed by atoms with Gasteiger partial charge in [0.15, 0.2) is 0 Å². The topological polar surface area (TPSA) is 58.1 Å². The summed E-state index contributed by atoms with van der Waals surface area (Å²) in [6.45, 7) is 9.44. The molecule has 152 valence electrons. The Balaban J connectivity index is 1.93. The lowest BCUT2D eigenvalue weighted by Gasteiger charge is -2.21. The summed E-state index contributed by atoms with van der Waals surface area (Å²) < 4.78 is 27.6. The Morgan fingerprint density at radius 2 is 2.14 bits per heavy atom. The molecule has 1 amide bonds. The molecule has 2 aromatic heterocycles. The van der Waals surface area contributed by atoms with E-state index in [1.807, 2.05) is 6.92 Å². The largest absolute Gasteiger partial charge is 0.370 e. The number of rotatable bonds is 5. The molecule has 5 nitrogen and oxygen atoms in total. The number of alkyl halides is 2. The monoisotopic (exact) mass is 408 g/mol. The number of carbonyl (C=O) groups is 1. The molecule has 1 saturated heterocycles. The third-order valence-corrected chi connectivity index (χ3v) is 5.66. The van der Waals surface area contributed by atoms with E-state index in [1.54, 1.807) is 4.90 Å². The molecule has 8 heteroatoms. The Bertz CT molecular complexity index is 847. The fourth-order valence-electron chi connectivity index (χ4n) is 3.25. The van der Waals surface area contributed by atoms with Crippen LogP contribution in [0, 0.1) is 5.41 Å². The van der Waals surface area contributed by atoms with Crippen molar-refractivity contribution < 1.29 is 13.6 Å². The van der Waals surface area contributed by atoms with E-state index in [0.29, 0.717) is 23.8 Å². The van der Waals surface area contributed by atoms with Gasteiger partial charge in [-0.3, -0.25) is 4.79 Å². The molecule has 0 aliphatic carbocycles. The van der Waals surface area contributed by atoms with Crippen LogP contribution in [0.2, 0.25) is 0 Å². The highest BCUT2D eigenvalue weighted by Gasteiger charge is 2.30. The molecule has 1 fully saturated rings. The molecule has 3 heterocycles. The van der Waals surface area contributed by atoms with E-state index >= 15 is 0 Å². The SMILES string of the molecule is C[C@H]1CCCN1C(=O)c1ncsc1-c1cnc(NCC(C)(C)C)cc1C(F)F. The number of halogens is 2. The highest BCUT2D eigenvalue weighted by atomic mass is 32.1. The van der Waals surface area contributed by atoms with Crippen LogP contribution in [-0.2, 0) is 0 Å². The zero-order valence-corrected chi connectivity index (χ0v) is 17.4. The summed E-state index contributed by atoms with van der Waals surface area (Å²) in [6.07, 6.45) is 0.640. The van der Waals surface area contributed by atoms with Gasteiger partial charge >= 0.3 is 0 Å². The van der Waals surface area contributed by atoms with Gasteiger partial charge in [0, 0.05) is 36.5 Å². The van der Waals surface area contributed by atoms with Crippen molar-refractivity contribution in [1.82, 2.24) is 14.9 Å². The van der Waals surface area contributed by atoms with Gasteiger partial charge in [0.2, 0.25) is 0 Å². The Morgan fingerprint density at radius 3 is 2.75 bits per heavy atom. The van der Waals surface area contributed by atoms with E-state index in [2.05, 4.69) is 36.1 Å². The van der Waals surface area contributed by atoms with Crippen LogP contribution in [0.5, 0.6) is 0 Å². The molecule has 1 aliphatic heterocycles. The molecule has 1 N–H and O–H groups in total. The van der Waals surface area contributed by atoms with Gasteiger partial charge < -0.3 is 10.2 Å². The van der Waals surface area contributed by atoms with Gasteiger partial charge in [-0.1, -0.05) is 20.8 Å². The van der Waals surface area contributed by atoms with Gasteiger partial charge in [-0.15, -0.1) is 11.3 Å². The maximum Gasteiger partial charge on any atom is 0.274 e. The van der Waals surface area contributed by atoms with Crippen molar-refractivity contribution in [1.29, 1.82) is 0 Å². The van der Waals surface area contributed by atoms with Crippen LogP contribution in [-0.4, -0.2) is 39.9 Å². The number of pyridine rings is 1. The first kappa shape index (κ1) is 20.6. The second-order valence-corrected chi connectivity index (χ2v) is 9.25. The first-order valence-electron chi connectivity index (χ1n) is 9.44. The van der Waals surface area contributed by atoms with Crippen molar-refractivity contribution in [3.05, 3.63) is 29.0 Å². The van der Waals surface area contributed by atoms with Crippen LogP contribution < -0.4 is 5.32 Å². The predicted molar refractivity (Wildman–Crippen MR) is 108 cm³/mol. The van der Waals surface area contributed by atoms with Gasteiger partial charge in [-0.2, -0.15) is 0 Å². The minimum Gasteiger partial charge on any atom is -0.370 e. The Kier molecular flexibility index (Phi) is 5.98. The smallest absolute Gasteiger partial charge is 0.274 e. The summed E-state index contributed by atoms with van der Waals surface area (Å²) in [6, 6.07) is 1.51. The molecular formula is C20H26F2N4OS. The molecule has 2 aromatic rings. The van der Waals surface area contributed by atoms with E-state index < -0.39 is 6.43 Å². The minimum absolute atomic E-state index is 0.00493. The second kappa shape index (κ2) is 8.11. The average molecular weight is 409 g/mol. The number of thiazole rings is 1. The number of likely N-dealkylation sites (tertiary alicyclic amines) is 1. The number of aromatic nitrogens is 2. The molecule has 0 aromatic carbocycles. The molecule has 0 spiro atoms. The lowest BCUT2D eigenvalue weighted by atomic mass is 9.97. The van der Waals surface area contributed by atoms with Crippen LogP contribution in [0.25, 0.3) is 10.4 Å². The van der Waals surface area contributed by atoms with Crippen LogP contribution in [0.3, 0.4) is 0 Å². The van der Waals surface area contributed by atoms with Crippen molar-refractivity contribution >= 4 is 23.1 Å². The summed E-state index contributed by atoms with van der Waals surface area (Å²) >= 11 is 1.19. The van der Waals surface area contributed by atoms with Crippen molar-refractivity contribution in [2.75, 3.05) is 18.4 Å². The quantitative estimate of drug-likeness (QED) is 0.736. The highest BCUT2D eigenvalue weighted by Crippen LogP contribution is 2.37. The maximum atomic E-state index is 13.8. The van der Waals surface area contributed by atoms with Crippen molar-refractivity contribution in [2.24, 2.45) is 5.41 Å². The number of hydrogen-bond acceptors (Lipinski definition) is 5. The van der Waals surface area contributed by atoms with E-state index in [1.165, 1.54) is 29.1 Å². The normalized spacial score (nSPS) is 17.4. The second-order valence-electron chi connectivity index (χ2n) is 8.39. The zero-order valence-electron chi connectivity index (χ0n) is 16.6.